The van der Waals surface area contributed by atoms with Crippen molar-refractivity contribution in [3.63, 3.8) is 0 Å². The molecular formula is C22H19ClF2N2O2. The Labute approximate surface area is 172 Å². The summed E-state index contributed by atoms with van der Waals surface area (Å²) < 4.78 is 27.0. The second-order valence-corrected chi connectivity index (χ2v) is 7.88. The van der Waals surface area contributed by atoms with Gasteiger partial charge in [-0.1, -0.05) is 30.7 Å². The van der Waals surface area contributed by atoms with Crippen LogP contribution in [-0.4, -0.2) is 29.8 Å². The average Bonchev–Trinajstić information content (AvgIpc) is 2.95. The van der Waals surface area contributed by atoms with E-state index in [1.165, 1.54) is 36.4 Å². The highest BCUT2D eigenvalue weighted by atomic mass is 35.5. The molecule has 4 rings (SSSR count). The SMILES string of the molecule is CC1CCCN(C2=C(c3ccc(F)cc3)C(=O)N(c3ccc(F)c(Cl)c3)C2=O)C1. The van der Waals surface area contributed by atoms with Gasteiger partial charge in [0.05, 0.1) is 16.3 Å². The summed E-state index contributed by atoms with van der Waals surface area (Å²) >= 11 is 5.87. The highest BCUT2D eigenvalue weighted by Crippen LogP contribution is 2.37. The third-order valence-corrected chi connectivity index (χ3v) is 5.62. The van der Waals surface area contributed by atoms with E-state index in [-0.39, 0.29) is 16.3 Å². The van der Waals surface area contributed by atoms with Gasteiger partial charge in [0.15, 0.2) is 0 Å². The zero-order chi connectivity index (χ0) is 20.7. The van der Waals surface area contributed by atoms with Crippen LogP contribution in [0.25, 0.3) is 5.57 Å². The van der Waals surface area contributed by atoms with Gasteiger partial charge in [-0.05, 0) is 54.7 Å². The van der Waals surface area contributed by atoms with Crippen LogP contribution in [0.15, 0.2) is 48.2 Å². The second kappa shape index (κ2) is 7.59. The molecule has 29 heavy (non-hydrogen) atoms. The molecule has 2 amide bonds. The molecule has 1 atom stereocenters. The third kappa shape index (κ3) is 3.53. The Balaban J connectivity index is 1.83. The smallest absolute Gasteiger partial charge is 0.282 e. The van der Waals surface area contributed by atoms with E-state index in [1.807, 2.05) is 4.90 Å². The van der Waals surface area contributed by atoms with Crippen molar-refractivity contribution < 1.29 is 18.4 Å². The molecule has 1 saturated heterocycles. The highest BCUT2D eigenvalue weighted by molar-refractivity contribution is 6.45. The zero-order valence-electron chi connectivity index (χ0n) is 15.8. The lowest BCUT2D eigenvalue weighted by Gasteiger charge is -2.33. The molecule has 0 aromatic heterocycles. The molecule has 2 aromatic carbocycles. The van der Waals surface area contributed by atoms with Crippen LogP contribution in [0.5, 0.6) is 0 Å². The summed E-state index contributed by atoms with van der Waals surface area (Å²) in [6.45, 7) is 3.40. The van der Waals surface area contributed by atoms with Gasteiger partial charge in [-0.15, -0.1) is 0 Å². The first-order valence-electron chi connectivity index (χ1n) is 9.46. The Morgan fingerprint density at radius 1 is 1.03 bits per heavy atom. The predicted octanol–water partition coefficient (Wildman–Crippen LogP) is 4.63. The van der Waals surface area contributed by atoms with E-state index in [0.717, 1.165) is 23.8 Å². The first-order chi connectivity index (χ1) is 13.9. The van der Waals surface area contributed by atoms with E-state index in [9.17, 15) is 18.4 Å². The van der Waals surface area contributed by atoms with E-state index in [4.69, 9.17) is 11.6 Å². The van der Waals surface area contributed by atoms with Gasteiger partial charge >= 0.3 is 0 Å². The summed E-state index contributed by atoms with van der Waals surface area (Å²) in [7, 11) is 0. The van der Waals surface area contributed by atoms with Crippen LogP contribution in [0.2, 0.25) is 5.02 Å². The van der Waals surface area contributed by atoms with Crippen molar-refractivity contribution in [2.75, 3.05) is 18.0 Å². The first kappa shape index (κ1) is 19.6. The molecule has 1 unspecified atom stereocenters. The quantitative estimate of drug-likeness (QED) is 0.685. The molecule has 2 aromatic rings. The number of carbonyl (C=O) groups is 2. The van der Waals surface area contributed by atoms with Crippen LogP contribution >= 0.6 is 11.6 Å². The fraction of sp³-hybridized carbons (Fsp3) is 0.273. The number of imide groups is 1. The van der Waals surface area contributed by atoms with Gasteiger partial charge in [-0.25, -0.2) is 13.7 Å². The Bertz CT molecular complexity index is 1020. The average molecular weight is 417 g/mol. The van der Waals surface area contributed by atoms with Crippen LogP contribution in [0.3, 0.4) is 0 Å². The minimum atomic E-state index is -0.633. The molecule has 0 radical (unpaired) electrons. The van der Waals surface area contributed by atoms with Crippen LogP contribution < -0.4 is 4.90 Å². The Kier molecular flexibility index (Phi) is 5.13. The molecule has 1 fully saturated rings. The molecule has 150 valence electrons. The number of hydrogen-bond donors (Lipinski definition) is 0. The largest absolute Gasteiger partial charge is 0.366 e. The van der Waals surface area contributed by atoms with Crippen molar-refractivity contribution >= 4 is 34.7 Å². The van der Waals surface area contributed by atoms with Gasteiger partial charge in [0.1, 0.15) is 17.3 Å². The van der Waals surface area contributed by atoms with Crippen molar-refractivity contribution in [1.29, 1.82) is 0 Å². The molecule has 7 heteroatoms. The number of benzene rings is 2. The van der Waals surface area contributed by atoms with Gasteiger partial charge in [0, 0.05) is 13.1 Å². The second-order valence-electron chi connectivity index (χ2n) is 7.47. The molecule has 0 spiro atoms. The van der Waals surface area contributed by atoms with Gasteiger partial charge < -0.3 is 4.90 Å². The minimum Gasteiger partial charge on any atom is -0.366 e. The third-order valence-electron chi connectivity index (χ3n) is 5.33. The van der Waals surface area contributed by atoms with E-state index >= 15 is 0 Å². The van der Waals surface area contributed by atoms with Crippen LogP contribution in [0.4, 0.5) is 14.5 Å². The zero-order valence-corrected chi connectivity index (χ0v) is 16.5. The summed E-state index contributed by atoms with van der Waals surface area (Å²) in [5.41, 5.74) is 1.19. The number of carbonyl (C=O) groups excluding carboxylic acids is 2. The summed E-state index contributed by atoms with van der Waals surface area (Å²) in [6, 6.07) is 9.23. The first-order valence-corrected chi connectivity index (χ1v) is 9.83. The maximum Gasteiger partial charge on any atom is 0.282 e. The number of rotatable bonds is 3. The topological polar surface area (TPSA) is 40.6 Å². The molecule has 0 aliphatic carbocycles. The van der Waals surface area contributed by atoms with E-state index < -0.39 is 23.4 Å². The van der Waals surface area contributed by atoms with Crippen LogP contribution in [0.1, 0.15) is 25.3 Å². The maximum atomic E-state index is 13.6. The standard InChI is InChI=1S/C22H19ClF2N2O2/c1-13-3-2-10-26(12-13)20-19(14-4-6-15(24)7-5-14)21(28)27(22(20)29)16-8-9-18(25)17(23)11-16/h4-9,11,13H,2-3,10,12H2,1H3. The van der Waals surface area contributed by atoms with Crippen molar-refractivity contribution in [1.82, 2.24) is 4.90 Å². The number of halogens is 3. The van der Waals surface area contributed by atoms with Crippen molar-refractivity contribution in [3.05, 3.63) is 70.4 Å². The molecule has 0 saturated carbocycles. The van der Waals surface area contributed by atoms with Crippen molar-refractivity contribution in [2.45, 2.75) is 19.8 Å². The molecule has 2 aliphatic heterocycles. The molecule has 4 nitrogen and oxygen atoms in total. The lowest BCUT2D eigenvalue weighted by Crippen LogP contribution is -2.39. The fourth-order valence-electron chi connectivity index (χ4n) is 3.94. The minimum absolute atomic E-state index is 0.175. The van der Waals surface area contributed by atoms with Gasteiger partial charge in [-0.2, -0.15) is 0 Å². The predicted molar refractivity (Wildman–Crippen MR) is 107 cm³/mol. The Hall–Kier alpha value is -2.73. The lowest BCUT2D eigenvalue weighted by atomic mass is 9.98. The molecule has 0 bridgehead atoms. The lowest BCUT2D eigenvalue weighted by molar-refractivity contribution is -0.120. The number of anilines is 1. The highest BCUT2D eigenvalue weighted by Gasteiger charge is 2.43. The number of likely N-dealkylation sites (tertiary alicyclic amines) is 1. The Morgan fingerprint density at radius 3 is 2.41 bits per heavy atom. The van der Waals surface area contributed by atoms with E-state index in [1.54, 1.807) is 0 Å². The molecule has 2 heterocycles. The maximum absolute atomic E-state index is 13.6. The number of piperidine rings is 1. The summed E-state index contributed by atoms with van der Waals surface area (Å²) in [6.07, 6.45) is 1.96. The Morgan fingerprint density at radius 2 is 1.76 bits per heavy atom. The molecular weight excluding hydrogens is 398 g/mol. The van der Waals surface area contributed by atoms with Crippen LogP contribution in [0, 0.1) is 17.6 Å². The van der Waals surface area contributed by atoms with E-state index in [2.05, 4.69) is 6.92 Å². The van der Waals surface area contributed by atoms with Gasteiger partial charge in [-0.3, -0.25) is 9.59 Å². The van der Waals surface area contributed by atoms with Crippen molar-refractivity contribution in [3.8, 4) is 0 Å². The van der Waals surface area contributed by atoms with Crippen molar-refractivity contribution in [2.24, 2.45) is 5.92 Å². The van der Waals surface area contributed by atoms with Crippen LogP contribution in [-0.2, 0) is 9.59 Å². The molecule has 0 N–H and O–H groups in total. The van der Waals surface area contributed by atoms with Gasteiger partial charge in [0.2, 0.25) is 0 Å². The normalized spacial score (nSPS) is 20.1. The summed E-state index contributed by atoms with van der Waals surface area (Å²) in [5.74, 6) is -1.70. The summed E-state index contributed by atoms with van der Waals surface area (Å²) in [5, 5.41) is -0.175. The fourth-order valence-corrected chi connectivity index (χ4v) is 4.11. The summed E-state index contributed by atoms with van der Waals surface area (Å²) in [4.78, 5) is 29.6. The number of hydrogen-bond acceptors (Lipinski definition) is 3. The number of nitrogens with zero attached hydrogens (tertiary/aromatic N) is 2. The monoisotopic (exact) mass is 416 g/mol. The molecule has 2 aliphatic rings. The van der Waals surface area contributed by atoms with E-state index in [0.29, 0.717) is 30.3 Å². The van der Waals surface area contributed by atoms with Gasteiger partial charge in [0.25, 0.3) is 11.8 Å². The number of amides is 2.